The predicted octanol–water partition coefficient (Wildman–Crippen LogP) is 1.24. The molecule has 3 atom stereocenters. The Balaban J connectivity index is 2.06. The van der Waals surface area contributed by atoms with E-state index in [9.17, 15) is 5.11 Å². The normalized spacial score (nSPS) is 43.0. The molecule has 2 rings (SSSR count). The topological polar surface area (TPSA) is 23.5 Å². The van der Waals surface area contributed by atoms with E-state index >= 15 is 0 Å². The monoisotopic (exact) mass is 169 g/mol. The summed E-state index contributed by atoms with van der Waals surface area (Å²) < 4.78 is 0. The van der Waals surface area contributed by atoms with Crippen molar-refractivity contribution in [1.29, 1.82) is 0 Å². The Morgan fingerprint density at radius 1 is 1.33 bits per heavy atom. The van der Waals surface area contributed by atoms with Gasteiger partial charge in [-0.05, 0) is 38.1 Å². The van der Waals surface area contributed by atoms with Crippen molar-refractivity contribution in [3.05, 3.63) is 0 Å². The van der Waals surface area contributed by atoms with E-state index in [1.807, 2.05) is 0 Å². The summed E-state index contributed by atoms with van der Waals surface area (Å²) in [5.41, 5.74) is 0. The lowest BCUT2D eigenvalue weighted by Crippen LogP contribution is -2.48. The minimum absolute atomic E-state index is 0.364. The number of aliphatic hydroxyl groups is 1. The molecule has 0 spiro atoms. The van der Waals surface area contributed by atoms with Gasteiger partial charge in [0, 0.05) is 12.1 Å². The van der Waals surface area contributed by atoms with Gasteiger partial charge in [-0.25, -0.2) is 0 Å². The van der Waals surface area contributed by atoms with Gasteiger partial charge in [-0.15, -0.1) is 0 Å². The van der Waals surface area contributed by atoms with Crippen molar-refractivity contribution >= 4 is 0 Å². The van der Waals surface area contributed by atoms with Crippen molar-refractivity contribution in [2.75, 3.05) is 13.2 Å². The number of rotatable bonds is 1. The zero-order valence-electron chi connectivity index (χ0n) is 7.87. The van der Waals surface area contributed by atoms with Crippen molar-refractivity contribution in [3.63, 3.8) is 0 Å². The molecule has 70 valence electrons. The number of fused-ring (bicyclic) bond motifs is 1. The Morgan fingerprint density at radius 2 is 2.17 bits per heavy atom. The third kappa shape index (κ3) is 1.27. The number of hydrogen-bond acceptors (Lipinski definition) is 2. The smallest absolute Gasteiger partial charge is 0.0586 e. The number of aliphatic hydroxyl groups excluding tert-OH is 1. The van der Waals surface area contributed by atoms with Crippen LogP contribution < -0.4 is 0 Å². The molecule has 2 heteroatoms. The van der Waals surface area contributed by atoms with E-state index in [1.165, 1.54) is 32.2 Å². The molecule has 0 aromatic carbocycles. The molecule has 0 radical (unpaired) electrons. The van der Waals surface area contributed by atoms with Crippen molar-refractivity contribution < 1.29 is 5.11 Å². The molecule has 0 unspecified atom stereocenters. The summed E-state index contributed by atoms with van der Waals surface area (Å²) in [5.74, 6) is 0.857. The van der Waals surface area contributed by atoms with Gasteiger partial charge in [0.05, 0.1) is 6.61 Å². The van der Waals surface area contributed by atoms with E-state index < -0.39 is 0 Å². The highest BCUT2D eigenvalue weighted by molar-refractivity contribution is 4.91. The van der Waals surface area contributed by atoms with Crippen molar-refractivity contribution in [1.82, 2.24) is 4.90 Å². The summed E-state index contributed by atoms with van der Waals surface area (Å²) in [6, 6.07) is 1.27. The first kappa shape index (κ1) is 8.52. The lowest BCUT2D eigenvalue weighted by molar-refractivity contribution is 0.0448. The molecule has 2 heterocycles. The summed E-state index contributed by atoms with van der Waals surface area (Å²) in [6.07, 6.45) is 5.21. The van der Waals surface area contributed by atoms with Crippen LogP contribution in [0.1, 0.15) is 32.6 Å². The SMILES string of the molecule is C[C@@H]1CC[C@@H](CO)N2CCC[C@@H]12. The zero-order valence-corrected chi connectivity index (χ0v) is 7.87. The fourth-order valence-electron chi connectivity index (χ4n) is 2.89. The number of hydrogen-bond donors (Lipinski definition) is 1. The molecule has 2 fully saturated rings. The maximum atomic E-state index is 9.18. The van der Waals surface area contributed by atoms with E-state index in [2.05, 4.69) is 11.8 Å². The molecule has 2 saturated heterocycles. The number of nitrogens with zero attached hydrogens (tertiary/aromatic N) is 1. The standard InChI is InChI=1S/C10H19NO/c1-8-4-5-9(7-12)11-6-2-3-10(8)11/h8-10,12H,2-7H2,1H3/t8-,9+,10+/m1/s1. The van der Waals surface area contributed by atoms with Gasteiger partial charge in [0.2, 0.25) is 0 Å². The molecule has 1 N–H and O–H groups in total. The summed E-state index contributed by atoms with van der Waals surface area (Å²) >= 11 is 0. The molecule has 0 aliphatic carbocycles. The Morgan fingerprint density at radius 3 is 2.92 bits per heavy atom. The first-order valence-electron chi connectivity index (χ1n) is 5.19. The highest BCUT2D eigenvalue weighted by Crippen LogP contribution is 2.34. The molecule has 0 aromatic heterocycles. The Kier molecular flexibility index (Phi) is 2.37. The third-order valence-corrected chi connectivity index (χ3v) is 3.63. The van der Waals surface area contributed by atoms with E-state index in [1.54, 1.807) is 0 Å². The van der Waals surface area contributed by atoms with E-state index in [0.717, 1.165) is 12.0 Å². The predicted molar refractivity (Wildman–Crippen MR) is 49.0 cm³/mol. The molecule has 0 saturated carbocycles. The summed E-state index contributed by atoms with van der Waals surface area (Å²) in [7, 11) is 0. The van der Waals surface area contributed by atoms with Crippen molar-refractivity contribution in [2.45, 2.75) is 44.7 Å². The zero-order chi connectivity index (χ0) is 8.55. The van der Waals surface area contributed by atoms with Crippen LogP contribution in [0.5, 0.6) is 0 Å². The molecular formula is C10H19NO. The van der Waals surface area contributed by atoms with Gasteiger partial charge in [0.15, 0.2) is 0 Å². The third-order valence-electron chi connectivity index (χ3n) is 3.63. The second-order valence-corrected chi connectivity index (χ2v) is 4.34. The maximum absolute atomic E-state index is 9.18. The molecule has 12 heavy (non-hydrogen) atoms. The second-order valence-electron chi connectivity index (χ2n) is 4.34. The highest BCUT2D eigenvalue weighted by atomic mass is 16.3. The molecule has 2 aliphatic heterocycles. The van der Waals surface area contributed by atoms with Crippen molar-refractivity contribution in [2.24, 2.45) is 5.92 Å². The van der Waals surface area contributed by atoms with Crippen LogP contribution in [0.15, 0.2) is 0 Å². The van der Waals surface area contributed by atoms with Crippen LogP contribution in [0, 0.1) is 5.92 Å². The van der Waals surface area contributed by atoms with Crippen LogP contribution in [0.2, 0.25) is 0 Å². The van der Waals surface area contributed by atoms with E-state index in [4.69, 9.17) is 0 Å². The van der Waals surface area contributed by atoms with Crippen molar-refractivity contribution in [3.8, 4) is 0 Å². The van der Waals surface area contributed by atoms with E-state index in [0.29, 0.717) is 12.6 Å². The minimum Gasteiger partial charge on any atom is -0.395 e. The Labute approximate surface area is 74.6 Å². The van der Waals surface area contributed by atoms with Gasteiger partial charge in [-0.1, -0.05) is 6.92 Å². The quantitative estimate of drug-likeness (QED) is 0.638. The maximum Gasteiger partial charge on any atom is 0.0586 e. The number of piperidine rings is 1. The summed E-state index contributed by atoms with van der Waals surface area (Å²) in [6.45, 7) is 3.94. The van der Waals surface area contributed by atoms with Crippen LogP contribution in [-0.4, -0.2) is 35.2 Å². The van der Waals surface area contributed by atoms with Crippen LogP contribution in [0.25, 0.3) is 0 Å². The first-order chi connectivity index (χ1) is 5.83. The summed E-state index contributed by atoms with van der Waals surface area (Å²) in [5, 5.41) is 9.18. The van der Waals surface area contributed by atoms with Gasteiger partial charge in [-0.3, -0.25) is 4.90 Å². The highest BCUT2D eigenvalue weighted by Gasteiger charge is 2.37. The van der Waals surface area contributed by atoms with Crippen LogP contribution in [0.3, 0.4) is 0 Å². The molecule has 0 amide bonds. The fourth-order valence-corrected chi connectivity index (χ4v) is 2.89. The second kappa shape index (κ2) is 3.35. The van der Waals surface area contributed by atoms with Crippen LogP contribution in [0.4, 0.5) is 0 Å². The summed E-state index contributed by atoms with van der Waals surface area (Å²) in [4.78, 5) is 2.54. The Hall–Kier alpha value is -0.0800. The molecular weight excluding hydrogens is 150 g/mol. The average Bonchev–Trinajstić information content (AvgIpc) is 2.54. The molecule has 0 aromatic rings. The van der Waals surface area contributed by atoms with Gasteiger partial charge in [0.1, 0.15) is 0 Å². The van der Waals surface area contributed by atoms with Crippen LogP contribution in [-0.2, 0) is 0 Å². The van der Waals surface area contributed by atoms with Gasteiger partial charge >= 0.3 is 0 Å². The largest absolute Gasteiger partial charge is 0.395 e. The average molecular weight is 169 g/mol. The molecule has 0 bridgehead atoms. The van der Waals surface area contributed by atoms with E-state index in [-0.39, 0.29) is 0 Å². The Bertz CT molecular complexity index is 160. The van der Waals surface area contributed by atoms with Gasteiger partial charge < -0.3 is 5.11 Å². The fraction of sp³-hybridized carbons (Fsp3) is 1.00. The van der Waals surface area contributed by atoms with Gasteiger partial charge in [-0.2, -0.15) is 0 Å². The van der Waals surface area contributed by atoms with Crippen LogP contribution >= 0.6 is 0 Å². The lowest BCUT2D eigenvalue weighted by Gasteiger charge is -2.40. The molecule has 2 nitrogen and oxygen atoms in total. The lowest BCUT2D eigenvalue weighted by atomic mass is 9.87. The first-order valence-corrected chi connectivity index (χ1v) is 5.19. The molecule has 2 aliphatic rings. The van der Waals surface area contributed by atoms with Gasteiger partial charge in [0.25, 0.3) is 0 Å². The minimum atomic E-state index is 0.364.